The first-order chi connectivity index (χ1) is 11.4. The minimum atomic E-state index is -0.133. The van der Waals surface area contributed by atoms with E-state index < -0.39 is 0 Å². The molecule has 24 heavy (non-hydrogen) atoms. The van der Waals surface area contributed by atoms with Crippen molar-refractivity contribution in [2.24, 2.45) is 11.8 Å². The summed E-state index contributed by atoms with van der Waals surface area (Å²) in [5.74, 6) is 0.998. The SMILES string of the molecule is CC(=O)Nc1cccc(C(=O)NCC2CCN(CC(C)C)C2)c1C. The Labute approximate surface area is 144 Å². The molecule has 1 aromatic carbocycles. The molecule has 0 spiro atoms. The third kappa shape index (κ3) is 5.06. The summed E-state index contributed by atoms with van der Waals surface area (Å²) in [6.45, 7) is 11.8. The van der Waals surface area contributed by atoms with E-state index in [9.17, 15) is 9.59 Å². The zero-order valence-electron chi connectivity index (χ0n) is 15.2. The minimum Gasteiger partial charge on any atom is -0.352 e. The topological polar surface area (TPSA) is 61.4 Å². The Morgan fingerprint density at radius 3 is 2.75 bits per heavy atom. The molecule has 5 nitrogen and oxygen atoms in total. The van der Waals surface area contributed by atoms with Crippen molar-refractivity contribution >= 4 is 17.5 Å². The molecule has 0 aliphatic carbocycles. The van der Waals surface area contributed by atoms with E-state index in [1.54, 1.807) is 12.1 Å². The molecule has 1 aliphatic heterocycles. The fourth-order valence-electron chi connectivity index (χ4n) is 3.30. The van der Waals surface area contributed by atoms with Gasteiger partial charge in [-0.1, -0.05) is 19.9 Å². The van der Waals surface area contributed by atoms with Gasteiger partial charge in [-0.2, -0.15) is 0 Å². The molecule has 0 radical (unpaired) electrons. The maximum Gasteiger partial charge on any atom is 0.251 e. The van der Waals surface area contributed by atoms with Crippen molar-refractivity contribution in [1.29, 1.82) is 0 Å². The van der Waals surface area contributed by atoms with Crippen LogP contribution in [-0.4, -0.2) is 42.9 Å². The summed E-state index contributed by atoms with van der Waals surface area (Å²) in [5, 5.41) is 5.82. The molecule has 1 aromatic rings. The number of benzene rings is 1. The van der Waals surface area contributed by atoms with Crippen LogP contribution in [0, 0.1) is 18.8 Å². The highest BCUT2D eigenvalue weighted by molar-refractivity contribution is 5.98. The number of nitrogens with zero attached hydrogens (tertiary/aromatic N) is 1. The first-order valence-electron chi connectivity index (χ1n) is 8.74. The molecule has 1 saturated heterocycles. The molecule has 2 amide bonds. The van der Waals surface area contributed by atoms with E-state index in [-0.39, 0.29) is 11.8 Å². The first kappa shape index (κ1) is 18.5. The molecule has 1 unspecified atom stereocenters. The van der Waals surface area contributed by atoms with E-state index in [0.29, 0.717) is 29.6 Å². The Morgan fingerprint density at radius 2 is 2.08 bits per heavy atom. The van der Waals surface area contributed by atoms with Crippen LogP contribution in [-0.2, 0) is 4.79 Å². The molecule has 2 N–H and O–H groups in total. The van der Waals surface area contributed by atoms with Gasteiger partial charge < -0.3 is 15.5 Å². The Hall–Kier alpha value is -1.88. The van der Waals surface area contributed by atoms with Gasteiger partial charge in [-0.3, -0.25) is 9.59 Å². The Balaban J connectivity index is 1.90. The standard InChI is InChI=1S/C19H29N3O2/c1-13(2)11-22-9-8-16(12-22)10-20-19(24)17-6-5-7-18(14(17)3)21-15(4)23/h5-7,13,16H,8-12H2,1-4H3,(H,20,24)(H,21,23). The van der Waals surface area contributed by atoms with Crippen LogP contribution in [0.4, 0.5) is 5.69 Å². The van der Waals surface area contributed by atoms with Gasteiger partial charge in [0.15, 0.2) is 0 Å². The molecule has 1 fully saturated rings. The normalized spacial score (nSPS) is 18.0. The van der Waals surface area contributed by atoms with E-state index in [4.69, 9.17) is 0 Å². The van der Waals surface area contributed by atoms with Crippen LogP contribution in [0.1, 0.15) is 43.1 Å². The monoisotopic (exact) mass is 331 g/mol. The molecular weight excluding hydrogens is 302 g/mol. The third-order valence-corrected chi connectivity index (χ3v) is 4.43. The largest absolute Gasteiger partial charge is 0.352 e. The second kappa shape index (κ2) is 8.29. The first-order valence-corrected chi connectivity index (χ1v) is 8.74. The average Bonchev–Trinajstić information content (AvgIpc) is 2.93. The molecule has 132 valence electrons. The van der Waals surface area contributed by atoms with E-state index in [0.717, 1.165) is 31.6 Å². The number of anilines is 1. The van der Waals surface area contributed by atoms with Crippen LogP contribution in [0.5, 0.6) is 0 Å². The molecule has 2 rings (SSSR count). The highest BCUT2D eigenvalue weighted by atomic mass is 16.2. The van der Waals surface area contributed by atoms with Gasteiger partial charge >= 0.3 is 0 Å². The number of amides is 2. The lowest BCUT2D eigenvalue weighted by Crippen LogP contribution is -2.32. The fraction of sp³-hybridized carbons (Fsp3) is 0.579. The lowest BCUT2D eigenvalue weighted by atomic mass is 10.0. The van der Waals surface area contributed by atoms with Gasteiger partial charge in [-0.05, 0) is 49.4 Å². The van der Waals surface area contributed by atoms with Gasteiger partial charge in [-0.25, -0.2) is 0 Å². The maximum absolute atomic E-state index is 12.5. The summed E-state index contributed by atoms with van der Waals surface area (Å²) in [7, 11) is 0. The minimum absolute atomic E-state index is 0.0676. The number of hydrogen-bond donors (Lipinski definition) is 2. The zero-order chi connectivity index (χ0) is 17.7. The number of carbonyl (C=O) groups is 2. The van der Waals surface area contributed by atoms with Crippen LogP contribution >= 0.6 is 0 Å². The smallest absolute Gasteiger partial charge is 0.251 e. The van der Waals surface area contributed by atoms with Crippen molar-refractivity contribution in [3.8, 4) is 0 Å². The van der Waals surface area contributed by atoms with Gasteiger partial charge in [-0.15, -0.1) is 0 Å². The Morgan fingerprint density at radius 1 is 1.33 bits per heavy atom. The highest BCUT2D eigenvalue weighted by Gasteiger charge is 2.23. The van der Waals surface area contributed by atoms with Gasteiger partial charge in [0.1, 0.15) is 0 Å². The summed E-state index contributed by atoms with van der Waals surface area (Å²) < 4.78 is 0. The van der Waals surface area contributed by atoms with Crippen molar-refractivity contribution in [3.05, 3.63) is 29.3 Å². The summed E-state index contributed by atoms with van der Waals surface area (Å²) in [6, 6.07) is 5.41. The van der Waals surface area contributed by atoms with Crippen LogP contribution < -0.4 is 10.6 Å². The van der Waals surface area contributed by atoms with E-state index >= 15 is 0 Å². The lowest BCUT2D eigenvalue weighted by molar-refractivity contribution is -0.114. The van der Waals surface area contributed by atoms with E-state index in [2.05, 4.69) is 29.4 Å². The van der Waals surface area contributed by atoms with Crippen LogP contribution in [0.15, 0.2) is 18.2 Å². The van der Waals surface area contributed by atoms with Gasteiger partial charge in [0.25, 0.3) is 5.91 Å². The number of likely N-dealkylation sites (tertiary alicyclic amines) is 1. The molecular formula is C19H29N3O2. The molecule has 1 aliphatic rings. The van der Waals surface area contributed by atoms with Crippen molar-refractivity contribution in [3.63, 3.8) is 0 Å². The second-order valence-electron chi connectivity index (χ2n) is 7.18. The number of rotatable bonds is 6. The highest BCUT2D eigenvalue weighted by Crippen LogP contribution is 2.20. The predicted molar refractivity (Wildman–Crippen MR) is 97.2 cm³/mol. The number of hydrogen-bond acceptors (Lipinski definition) is 3. The summed E-state index contributed by atoms with van der Waals surface area (Å²) in [4.78, 5) is 26.2. The summed E-state index contributed by atoms with van der Waals surface area (Å²) >= 11 is 0. The second-order valence-corrected chi connectivity index (χ2v) is 7.18. The zero-order valence-corrected chi connectivity index (χ0v) is 15.2. The molecule has 0 bridgehead atoms. The molecule has 5 heteroatoms. The van der Waals surface area contributed by atoms with Crippen LogP contribution in [0.25, 0.3) is 0 Å². The molecule has 1 atom stereocenters. The van der Waals surface area contributed by atoms with Crippen molar-refractivity contribution in [2.45, 2.75) is 34.1 Å². The third-order valence-electron chi connectivity index (χ3n) is 4.43. The van der Waals surface area contributed by atoms with Crippen molar-refractivity contribution in [2.75, 3.05) is 31.5 Å². The lowest BCUT2D eigenvalue weighted by Gasteiger charge is -2.18. The molecule has 0 saturated carbocycles. The molecule has 1 heterocycles. The van der Waals surface area contributed by atoms with Gasteiger partial charge in [0.05, 0.1) is 0 Å². The Bertz CT molecular complexity index is 598. The van der Waals surface area contributed by atoms with Crippen molar-refractivity contribution in [1.82, 2.24) is 10.2 Å². The van der Waals surface area contributed by atoms with Crippen molar-refractivity contribution < 1.29 is 9.59 Å². The summed E-state index contributed by atoms with van der Waals surface area (Å²) in [6.07, 6.45) is 1.14. The fourth-order valence-corrected chi connectivity index (χ4v) is 3.30. The maximum atomic E-state index is 12.5. The van der Waals surface area contributed by atoms with Gasteiger partial charge in [0, 0.05) is 37.8 Å². The molecule has 0 aromatic heterocycles. The predicted octanol–water partition coefficient (Wildman–Crippen LogP) is 2.66. The number of nitrogens with one attached hydrogen (secondary N) is 2. The van der Waals surface area contributed by atoms with E-state index in [1.807, 2.05) is 13.0 Å². The van der Waals surface area contributed by atoms with Gasteiger partial charge in [0.2, 0.25) is 5.91 Å². The summed E-state index contributed by atoms with van der Waals surface area (Å²) in [5.41, 5.74) is 2.12. The van der Waals surface area contributed by atoms with Crippen LogP contribution in [0.3, 0.4) is 0 Å². The average molecular weight is 331 g/mol. The quantitative estimate of drug-likeness (QED) is 0.842. The van der Waals surface area contributed by atoms with Crippen LogP contribution in [0.2, 0.25) is 0 Å². The number of carbonyl (C=O) groups excluding carboxylic acids is 2. The Kier molecular flexibility index (Phi) is 6.37. The van der Waals surface area contributed by atoms with E-state index in [1.165, 1.54) is 6.92 Å².